The van der Waals surface area contributed by atoms with Crippen molar-refractivity contribution in [1.82, 2.24) is 0 Å². The third kappa shape index (κ3) is 4.56. The Labute approximate surface area is 111 Å². The fourth-order valence-electron chi connectivity index (χ4n) is 1.15. The molecule has 0 aromatic heterocycles. The smallest absolute Gasteiger partial charge is 0.406 e. The third-order valence-electron chi connectivity index (χ3n) is 2.05. The maximum absolute atomic E-state index is 11.9. The number of ether oxygens (including phenoxy) is 1. The number of rotatable bonds is 5. The lowest BCUT2D eigenvalue weighted by atomic mass is 10.2. The molecule has 1 aromatic carbocycles. The van der Waals surface area contributed by atoms with Crippen molar-refractivity contribution in [2.45, 2.75) is 6.36 Å². The number of anilines is 1. The second-order valence-corrected chi connectivity index (χ2v) is 3.51. The van der Waals surface area contributed by atoms with Gasteiger partial charge in [-0.2, -0.15) is 0 Å². The van der Waals surface area contributed by atoms with E-state index >= 15 is 0 Å². The summed E-state index contributed by atoms with van der Waals surface area (Å²) in [6, 6.07) is 4.34. The Kier molecular flexibility index (Phi) is 4.63. The van der Waals surface area contributed by atoms with Gasteiger partial charge in [0.25, 0.3) is 5.91 Å². The highest BCUT2D eigenvalue weighted by Crippen LogP contribution is 2.24. The van der Waals surface area contributed by atoms with E-state index in [0.29, 0.717) is 6.21 Å². The predicted molar refractivity (Wildman–Crippen MR) is 64.7 cm³/mol. The molecule has 8 heteroatoms. The molecule has 0 aliphatic heterocycles. The highest BCUT2D eigenvalue weighted by molar-refractivity contribution is 6.43. The van der Waals surface area contributed by atoms with Crippen LogP contribution >= 0.6 is 0 Å². The molecule has 0 bridgehead atoms. The van der Waals surface area contributed by atoms with Gasteiger partial charge in [0.2, 0.25) is 5.78 Å². The van der Waals surface area contributed by atoms with Crippen molar-refractivity contribution in [2.75, 3.05) is 5.32 Å². The Balaban J connectivity index is 2.71. The molecule has 0 unspecified atom stereocenters. The van der Waals surface area contributed by atoms with E-state index in [9.17, 15) is 22.8 Å². The molecule has 0 fully saturated rings. The minimum atomic E-state index is -4.80. The van der Waals surface area contributed by atoms with Crippen molar-refractivity contribution in [3.05, 3.63) is 36.4 Å². The lowest BCUT2D eigenvalue weighted by molar-refractivity contribution is -0.274. The van der Waals surface area contributed by atoms with Gasteiger partial charge in [0, 0.05) is 5.69 Å². The maximum atomic E-state index is 11.9. The van der Waals surface area contributed by atoms with Gasteiger partial charge >= 0.3 is 6.36 Å². The topological polar surface area (TPSA) is 79.2 Å². The minimum Gasteiger partial charge on any atom is -0.406 e. The van der Waals surface area contributed by atoms with Gasteiger partial charge in [0.1, 0.15) is 5.75 Å². The zero-order valence-corrected chi connectivity index (χ0v) is 9.95. The second-order valence-electron chi connectivity index (χ2n) is 3.51. The summed E-state index contributed by atoms with van der Waals surface area (Å²) in [6.45, 7) is 3.20. The zero-order valence-electron chi connectivity index (χ0n) is 9.95. The highest BCUT2D eigenvalue weighted by Gasteiger charge is 2.30. The Morgan fingerprint density at radius 3 is 2.25 bits per heavy atom. The second kappa shape index (κ2) is 6.00. The zero-order chi connectivity index (χ0) is 15.3. The van der Waals surface area contributed by atoms with Crippen molar-refractivity contribution in [2.24, 2.45) is 0 Å². The first kappa shape index (κ1) is 15.4. The quantitative estimate of drug-likeness (QED) is 0.377. The normalized spacial score (nSPS) is 10.6. The summed E-state index contributed by atoms with van der Waals surface area (Å²) in [6.07, 6.45) is -4.36. The summed E-state index contributed by atoms with van der Waals surface area (Å²) in [5, 5.41) is 8.93. The molecule has 5 nitrogen and oxygen atoms in total. The number of hydrogen-bond acceptors (Lipinski definition) is 4. The lowest BCUT2D eigenvalue weighted by Gasteiger charge is -2.10. The number of amides is 1. The molecule has 0 saturated heterocycles. The number of carbonyl (C=O) groups is 2. The monoisotopic (exact) mass is 286 g/mol. The van der Waals surface area contributed by atoms with Crippen LogP contribution in [-0.4, -0.2) is 24.3 Å². The third-order valence-corrected chi connectivity index (χ3v) is 2.05. The van der Waals surface area contributed by atoms with E-state index in [1.807, 2.05) is 0 Å². The van der Waals surface area contributed by atoms with Crippen LogP contribution in [0.4, 0.5) is 18.9 Å². The van der Waals surface area contributed by atoms with Crippen molar-refractivity contribution in [1.29, 1.82) is 5.41 Å². The van der Waals surface area contributed by atoms with Crippen molar-refractivity contribution in [3.63, 3.8) is 0 Å². The number of ketones is 1. The van der Waals surface area contributed by atoms with Gasteiger partial charge in [-0.1, -0.05) is 6.58 Å². The number of nitrogens with one attached hydrogen (secondary N) is 2. The van der Waals surface area contributed by atoms with Gasteiger partial charge in [-0.3, -0.25) is 9.59 Å². The molecule has 0 heterocycles. The summed E-state index contributed by atoms with van der Waals surface area (Å²) in [7, 11) is 0. The molecule has 2 N–H and O–H groups in total. The number of Topliss-reactive ketones (excluding diaryl/α,β-unsaturated/α-hetero) is 1. The van der Waals surface area contributed by atoms with E-state index in [1.54, 1.807) is 0 Å². The summed E-state index contributed by atoms with van der Waals surface area (Å²) < 4.78 is 39.4. The van der Waals surface area contributed by atoms with Gasteiger partial charge in [-0.05, 0) is 24.3 Å². The first-order chi connectivity index (χ1) is 9.23. The van der Waals surface area contributed by atoms with Crippen LogP contribution < -0.4 is 10.1 Å². The van der Waals surface area contributed by atoms with Crippen LogP contribution in [0.25, 0.3) is 0 Å². The van der Waals surface area contributed by atoms with Crippen LogP contribution in [-0.2, 0) is 9.59 Å². The van der Waals surface area contributed by atoms with Gasteiger partial charge in [0.05, 0.1) is 11.8 Å². The number of hydrogen-bond donors (Lipinski definition) is 2. The lowest BCUT2D eigenvalue weighted by Crippen LogP contribution is -2.20. The molecule has 0 saturated carbocycles. The number of halogens is 3. The maximum Gasteiger partial charge on any atom is 0.573 e. The summed E-state index contributed by atoms with van der Waals surface area (Å²) in [5.74, 6) is -2.15. The molecule has 0 radical (unpaired) electrons. The van der Waals surface area contributed by atoms with E-state index in [-0.39, 0.29) is 5.69 Å². The molecule has 1 amide bonds. The van der Waals surface area contributed by atoms with Gasteiger partial charge < -0.3 is 15.5 Å². The molecule has 106 valence electrons. The Bertz CT molecular complexity index is 550. The van der Waals surface area contributed by atoms with Crippen LogP contribution in [0.1, 0.15) is 0 Å². The average molecular weight is 286 g/mol. The van der Waals surface area contributed by atoms with Crippen LogP contribution in [0.2, 0.25) is 0 Å². The van der Waals surface area contributed by atoms with Crippen molar-refractivity contribution < 1.29 is 27.5 Å². The number of alkyl halides is 3. The highest BCUT2D eigenvalue weighted by atomic mass is 19.4. The molecular weight excluding hydrogens is 277 g/mol. The van der Waals surface area contributed by atoms with Gasteiger partial charge in [-0.25, -0.2) is 0 Å². The molecule has 1 rings (SSSR count). The van der Waals surface area contributed by atoms with Gasteiger partial charge in [-0.15, -0.1) is 13.2 Å². The molecule has 20 heavy (non-hydrogen) atoms. The summed E-state index contributed by atoms with van der Waals surface area (Å²) >= 11 is 0. The largest absolute Gasteiger partial charge is 0.573 e. The van der Waals surface area contributed by atoms with Crippen LogP contribution in [0.3, 0.4) is 0 Å². The number of benzene rings is 1. The molecule has 0 atom stereocenters. The molecule has 0 spiro atoms. The standard InChI is InChI=1S/C12H9F3N2O3/c1-7(10(18)6-16)11(19)17-8-2-4-9(5-3-8)20-12(13,14)15/h2-6,16H,1H2,(H,17,19). The fourth-order valence-corrected chi connectivity index (χ4v) is 1.15. The average Bonchev–Trinajstić information content (AvgIpc) is 2.37. The SMILES string of the molecule is C=C(C(=O)C=N)C(=O)Nc1ccc(OC(F)(F)F)cc1. The predicted octanol–water partition coefficient (Wildman–Crippen LogP) is 2.30. The first-order valence-electron chi connectivity index (χ1n) is 5.14. The minimum absolute atomic E-state index is 0.156. The van der Waals surface area contributed by atoms with E-state index in [0.717, 1.165) is 12.1 Å². The van der Waals surface area contributed by atoms with E-state index < -0.39 is 29.4 Å². The molecule has 0 aliphatic rings. The van der Waals surface area contributed by atoms with Crippen LogP contribution in [0.15, 0.2) is 36.4 Å². The number of carbonyl (C=O) groups excluding carboxylic acids is 2. The summed E-state index contributed by atoms with van der Waals surface area (Å²) in [5.41, 5.74) is -0.293. The van der Waals surface area contributed by atoms with Crippen molar-refractivity contribution >= 4 is 23.6 Å². The van der Waals surface area contributed by atoms with Crippen LogP contribution in [0.5, 0.6) is 5.75 Å². The Hall–Kier alpha value is -2.64. The Morgan fingerprint density at radius 2 is 1.80 bits per heavy atom. The van der Waals surface area contributed by atoms with E-state index in [1.165, 1.54) is 12.1 Å². The summed E-state index contributed by atoms with van der Waals surface area (Å²) in [4.78, 5) is 22.5. The Morgan fingerprint density at radius 1 is 1.25 bits per heavy atom. The molecular formula is C12H9F3N2O3. The van der Waals surface area contributed by atoms with Gasteiger partial charge in [0.15, 0.2) is 0 Å². The fraction of sp³-hybridized carbons (Fsp3) is 0.0833. The van der Waals surface area contributed by atoms with Crippen LogP contribution in [0, 0.1) is 5.41 Å². The van der Waals surface area contributed by atoms with E-state index in [4.69, 9.17) is 5.41 Å². The molecule has 0 aliphatic carbocycles. The molecule has 1 aromatic rings. The van der Waals surface area contributed by atoms with E-state index in [2.05, 4.69) is 16.6 Å². The first-order valence-corrected chi connectivity index (χ1v) is 5.14. The van der Waals surface area contributed by atoms with Crippen molar-refractivity contribution in [3.8, 4) is 5.75 Å².